The number of hydrogen-bond acceptors (Lipinski definition) is 8. The second-order valence-electron chi connectivity index (χ2n) is 8.40. The second kappa shape index (κ2) is 12.2. The van der Waals surface area contributed by atoms with E-state index in [0.717, 1.165) is 11.1 Å². The zero-order valence-electron chi connectivity index (χ0n) is 20.1. The van der Waals surface area contributed by atoms with Crippen molar-refractivity contribution in [2.24, 2.45) is 0 Å². The number of rotatable bonds is 14. The summed E-state index contributed by atoms with van der Waals surface area (Å²) in [5, 5.41) is 18.8. The zero-order valence-corrected chi connectivity index (χ0v) is 23.4. The van der Waals surface area contributed by atoms with Crippen LogP contribution in [0.25, 0.3) is 11.1 Å². The highest BCUT2D eigenvalue weighted by atomic mass is 32.2. The Hall–Kier alpha value is -2.10. The van der Waals surface area contributed by atoms with Gasteiger partial charge in [-0.2, -0.15) is 33.0 Å². The van der Waals surface area contributed by atoms with E-state index in [4.69, 9.17) is 0 Å². The molecular weight excluding hydrogens is 561 g/mol. The van der Waals surface area contributed by atoms with Crippen molar-refractivity contribution in [3.05, 3.63) is 47.5 Å². The Morgan fingerprint density at radius 1 is 0.784 bits per heavy atom. The Kier molecular flexibility index (Phi) is 9.69. The van der Waals surface area contributed by atoms with E-state index in [0.29, 0.717) is 22.6 Å². The SMILES string of the molecule is CSCC[C@@H](NS(=O)(=O)c1ccc2c(c1)Cc1cc(S(=O)(=O)N[C@H](CCSC)C(=O)O)ccc1-2)C(=O)O. The maximum Gasteiger partial charge on any atom is 0.321 e. The van der Waals surface area contributed by atoms with Gasteiger partial charge in [0.05, 0.1) is 9.79 Å². The predicted molar refractivity (Wildman–Crippen MR) is 144 cm³/mol. The monoisotopic (exact) mass is 588 g/mol. The molecule has 0 unspecified atom stereocenters. The fourth-order valence-electron chi connectivity index (χ4n) is 3.95. The molecule has 0 bridgehead atoms. The van der Waals surface area contributed by atoms with Crippen LogP contribution < -0.4 is 9.44 Å². The Bertz CT molecular complexity index is 1290. The number of nitrogens with one attached hydrogen (secondary N) is 2. The summed E-state index contributed by atoms with van der Waals surface area (Å²) >= 11 is 2.83. The second-order valence-corrected chi connectivity index (χ2v) is 13.8. The molecule has 0 aromatic heterocycles. The van der Waals surface area contributed by atoms with E-state index >= 15 is 0 Å². The summed E-state index contributed by atoms with van der Waals surface area (Å²) < 4.78 is 56.0. The number of benzene rings is 2. The van der Waals surface area contributed by atoms with Crippen LogP contribution in [0.1, 0.15) is 24.0 Å². The summed E-state index contributed by atoms with van der Waals surface area (Å²) in [6.45, 7) is 0. The van der Waals surface area contributed by atoms with Gasteiger partial charge in [0.1, 0.15) is 12.1 Å². The predicted octanol–water partition coefficient (Wildman–Crippen LogP) is 2.23. The summed E-state index contributed by atoms with van der Waals surface area (Å²) in [4.78, 5) is 22.8. The first-order valence-electron chi connectivity index (χ1n) is 11.1. The van der Waals surface area contributed by atoms with Crippen LogP contribution >= 0.6 is 23.5 Å². The van der Waals surface area contributed by atoms with Crippen molar-refractivity contribution in [3.8, 4) is 11.1 Å². The van der Waals surface area contributed by atoms with Crippen molar-refractivity contribution in [2.75, 3.05) is 24.0 Å². The summed E-state index contributed by atoms with van der Waals surface area (Å²) in [7, 11) is -8.22. The van der Waals surface area contributed by atoms with E-state index in [1.54, 1.807) is 24.6 Å². The fourth-order valence-corrected chi connectivity index (χ4v) is 7.44. The zero-order chi connectivity index (χ0) is 27.4. The van der Waals surface area contributed by atoms with Crippen LogP contribution in [0.4, 0.5) is 0 Å². The lowest BCUT2D eigenvalue weighted by molar-refractivity contribution is -0.139. The molecule has 37 heavy (non-hydrogen) atoms. The number of thioether (sulfide) groups is 2. The molecule has 0 aliphatic heterocycles. The first kappa shape index (κ1) is 29.5. The molecule has 3 rings (SSSR count). The van der Waals surface area contributed by atoms with Crippen molar-refractivity contribution in [3.63, 3.8) is 0 Å². The van der Waals surface area contributed by atoms with Gasteiger partial charge in [-0.3, -0.25) is 9.59 Å². The highest BCUT2D eigenvalue weighted by Crippen LogP contribution is 2.38. The molecule has 14 heteroatoms. The average molecular weight is 589 g/mol. The Morgan fingerprint density at radius 2 is 1.16 bits per heavy atom. The van der Waals surface area contributed by atoms with E-state index in [9.17, 15) is 36.6 Å². The van der Waals surface area contributed by atoms with Crippen LogP contribution in [0, 0.1) is 0 Å². The van der Waals surface area contributed by atoms with Gasteiger partial charge in [-0.25, -0.2) is 16.8 Å². The molecule has 1 aliphatic rings. The molecular formula is C23H28N2O8S4. The largest absolute Gasteiger partial charge is 0.480 e. The number of carboxylic acid groups (broad SMARTS) is 2. The Morgan fingerprint density at radius 3 is 1.49 bits per heavy atom. The van der Waals surface area contributed by atoms with Gasteiger partial charge in [0.15, 0.2) is 0 Å². The van der Waals surface area contributed by atoms with Gasteiger partial charge in [-0.15, -0.1) is 0 Å². The molecule has 2 atom stereocenters. The summed E-state index contributed by atoms with van der Waals surface area (Å²) in [5.41, 5.74) is 2.79. The smallest absolute Gasteiger partial charge is 0.321 e. The van der Waals surface area contributed by atoms with E-state index in [1.807, 2.05) is 0 Å². The van der Waals surface area contributed by atoms with Crippen molar-refractivity contribution >= 4 is 55.5 Å². The highest BCUT2D eigenvalue weighted by molar-refractivity contribution is 7.98. The molecule has 0 amide bonds. The lowest BCUT2D eigenvalue weighted by Crippen LogP contribution is -2.41. The van der Waals surface area contributed by atoms with Gasteiger partial charge >= 0.3 is 11.9 Å². The van der Waals surface area contributed by atoms with Crippen LogP contribution in [0.15, 0.2) is 46.2 Å². The van der Waals surface area contributed by atoms with Crippen LogP contribution in [-0.4, -0.2) is 75.1 Å². The Labute approximate surface area is 224 Å². The molecule has 0 spiro atoms. The van der Waals surface area contributed by atoms with Gasteiger partial charge in [0.25, 0.3) is 0 Å². The molecule has 0 fully saturated rings. The van der Waals surface area contributed by atoms with Crippen LogP contribution in [0.5, 0.6) is 0 Å². The van der Waals surface area contributed by atoms with Crippen LogP contribution in [0.3, 0.4) is 0 Å². The fraction of sp³-hybridized carbons (Fsp3) is 0.391. The third-order valence-corrected chi connectivity index (χ3v) is 10.1. The molecule has 0 saturated heterocycles. The number of hydrogen-bond donors (Lipinski definition) is 4. The third kappa shape index (κ3) is 7.06. The molecule has 0 saturated carbocycles. The minimum Gasteiger partial charge on any atom is -0.480 e. The molecule has 202 valence electrons. The molecule has 4 N–H and O–H groups in total. The van der Waals surface area contributed by atoms with Crippen molar-refractivity contribution in [2.45, 2.75) is 41.1 Å². The quantitative estimate of drug-likeness (QED) is 0.219. The maximum absolute atomic E-state index is 12.9. The van der Waals surface area contributed by atoms with Crippen molar-refractivity contribution in [1.82, 2.24) is 9.44 Å². The van der Waals surface area contributed by atoms with Gasteiger partial charge in [-0.1, -0.05) is 12.1 Å². The lowest BCUT2D eigenvalue weighted by Gasteiger charge is -2.15. The average Bonchev–Trinajstić information content (AvgIpc) is 3.21. The molecule has 0 radical (unpaired) electrons. The highest BCUT2D eigenvalue weighted by Gasteiger charge is 2.29. The third-order valence-electron chi connectivity index (χ3n) is 5.86. The number of aliphatic carboxylic acids is 2. The van der Waals surface area contributed by atoms with Gasteiger partial charge in [-0.05, 0) is 89.8 Å². The van der Waals surface area contributed by atoms with Gasteiger partial charge in [0, 0.05) is 0 Å². The van der Waals surface area contributed by atoms with Crippen molar-refractivity contribution in [1.29, 1.82) is 0 Å². The summed E-state index contributed by atoms with van der Waals surface area (Å²) in [5.74, 6) is -1.56. The minimum atomic E-state index is -4.11. The van der Waals surface area contributed by atoms with E-state index < -0.39 is 44.1 Å². The number of carboxylic acids is 2. The van der Waals surface area contributed by atoms with Crippen molar-refractivity contribution < 1.29 is 36.6 Å². The molecule has 2 aromatic rings. The number of fused-ring (bicyclic) bond motifs is 3. The summed E-state index contributed by atoms with van der Waals surface area (Å²) in [6, 6.07) is 6.41. The molecule has 1 aliphatic carbocycles. The maximum atomic E-state index is 12.9. The number of sulfonamides is 2. The lowest BCUT2D eigenvalue weighted by atomic mass is 10.1. The minimum absolute atomic E-state index is 0.0814. The first-order valence-corrected chi connectivity index (χ1v) is 16.9. The number of carbonyl (C=O) groups is 2. The molecule has 0 heterocycles. The Balaban J connectivity index is 1.84. The van der Waals surface area contributed by atoms with Crippen LogP contribution in [-0.2, 0) is 36.1 Å². The van der Waals surface area contributed by atoms with E-state index in [1.165, 1.54) is 47.8 Å². The van der Waals surface area contributed by atoms with Crippen LogP contribution in [0.2, 0.25) is 0 Å². The van der Waals surface area contributed by atoms with Gasteiger partial charge < -0.3 is 10.2 Å². The first-order chi connectivity index (χ1) is 17.4. The van der Waals surface area contributed by atoms with E-state index in [2.05, 4.69) is 9.44 Å². The topological polar surface area (TPSA) is 167 Å². The normalized spacial score (nSPS) is 14.5. The molecule has 2 aromatic carbocycles. The summed E-state index contributed by atoms with van der Waals surface area (Å²) in [6.07, 6.45) is 4.14. The van der Waals surface area contributed by atoms with Gasteiger partial charge in [0.2, 0.25) is 20.0 Å². The standard InChI is InChI=1S/C23H28N2O8S4/c1-34-9-7-20(22(26)27)24-36(30,31)16-3-5-18-14(12-16)11-15-13-17(4-6-19(15)18)37(32,33)25-21(23(28)29)8-10-35-2/h3-6,12-13,20-21,24-25H,7-11H2,1-2H3,(H,26,27)(H,28,29)/t20-,21-/m1/s1. The molecule has 10 nitrogen and oxygen atoms in total. The van der Waals surface area contributed by atoms with E-state index in [-0.39, 0.29) is 29.1 Å².